The molecule has 254 valence electrons. The highest BCUT2D eigenvalue weighted by Crippen LogP contribution is 2.67. The first-order chi connectivity index (χ1) is 21.7. The molecular formula is C31H45ClN5O8P. The van der Waals surface area contributed by atoms with Crippen molar-refractivity contribution in [2.45, 2.75) is 117 Å². The minimum atomic E-state index is -3.44. The molecule has 2 aromatic rings. The highest BCUT2D eigenvalue weighted by atomic mass is 35.5. The van der Waals surface area contributed by atoms with Crippen molar-refractivity contribution in [1.82, 2.24) is 19.5 Å². The molecule has 15 heteroatoms. The largest absolute Gasteiger partial charge is 0.456 e. The Morgan fingerprint density at radius 3 is 2.24 bits per heavy atom. The average Bonchev–Trinajstić information content (AvgIpc) is 3.46. The van der Waals surface area contributed by atoms with Gasteiger partial charge >= 0.3 is 19.5 Å². The Morgan fingerprint density at radius 1 is 1.02 bits per heavy atom. The lowest BCUT2D eigenvalue weighted by molar-refractivity contribution is -0.165. The summed E-state index contributed by atoms with van der Waals surface area (Å²) in [6.45, 7) is 11.2. The molecule has 1 aliphatic heterocycles. The normalized spacial score (nSPS) is 35.1. The van der Waals surface area contributed by atoms with E-state index in [1.54, 1.807) is 24.7 Å². The fraction of sp³-hybridized carbons (Fsp3) is 0.774. The van der Waals surface area contributed by atoms with Crippen LogP contribution in [-0.2, 0) is 37.4 Å². The Labute approximate surface area is 274 Å². The number of hydrogen-bond acceptors (Lipinski definition) is 12. The van der Waals surface area contributed by atoms with Gasteiger partial charge in [-0.05, 0) is 87.1 Å². The van der Waals surface area contributed by atoms with Crippen LogP contribution in [0.3, 0.4) is 0 Å². The van der Waals surface area contributed by atoms with E-state index >= 15 is 0 Å². The fourth-order valence-electron chi connectivity index (χ4n) is 9.66. The van der Waals surface area contributed by atoms with Crippen LogP contribution in [0.5, 0.6) is 0 Å². The van der Waals surface area contributed by atoms with Gasteiger partial charge in [-0.3, -0.25) is 18.7 Å². The minimum absolute atomic E-state index is 0.00425. The van der Waals surface area contributed by atoms with E-state index in [4.69, 9.17) is 39.8 Å². The van der Waals surface area contributed by atoms with Gasteiger partial charge in [0.15, 0.2) is 35.4 Å². The predicted molar refractivity (Wildman–Crippen MR) is 169 cm³/mol. The van der Waals surface area contributed by atoms with Gasteiger partial charge in [-0.25, -0.2) is 4.98 Å². The molecule has 3 heterocycles. The molecule has 4 saturated carbocycles. The molecule has 8 atom stereocenters. The van der Waals surface area contributed by atoms with E-state index in [9.17, 15) is 14.2 Å². The van der Waals surface area contributed by atoms with Gasteiger partial charge in [0.05, 0.1) is 25.7 Å². The van der Waals surface area contributed by atoms with E-state index in [0.717, 1.165) is 19.3 Å². The first kappa shape index (κ1) is 33.6. The Hall–Kier alpha value is -2.31. The van der Waals surface area contributed by atoms with Crippen LogP contribution in [0.1, 0.15) is 92.7 Å². The first-order valence-corrected chi connectivity index (χ1v) is 18.3. The maximum atomic E-state index is 13.3. The maximum Gasteiger partial charge on any atom is 0.330 e. The topological polar surface area (TPSA) is 153 Å². The molecular weight excluding hydrogens is 637 g/mol. The van der Waals surface area contributed by atoms with Gasteiger partial charge in [-0.15, -0.1) is 0 Å². The zero-order valence-electron chi connectivity index (χ0n) is 27.4. The van der Waals surface area contributed by atoms with Crippen LogP contribution >= 0.6 is 19.2 Å². The molecule has 0 amide bonds. The molecule has 1 saturated heterocycles. The SMILES string of the molecule is CCOP(=O)(CC[C@H]1O[C@@H](n2cnc3c(NC45CC6C[C@@](C)(C4)C[C@](C)(C6)C5)nc(Cl)nc32)C(OC(C)=O)C1OC(C)=O)OCC. The lowest BCUT2D eigenvalue weighted by atomic mass is 9.43. The lowest BCUT2D eigenvalue weighted by Gasteiger charge is -2.65. The third-order valence-corrected chi connectivity index (χ3v) is 12.2. The minimum Gasteiger partial charge on any atom is -0.456 e. The molecule has 4 aliphatic carbocycles. The van der Waals surface area contributed by atoms with Crippen molar-refractivity contribution in [3.63, 3.8) is 0 Å². The monoisotopic (exact) mass is 681 g/mol. The zero-order chi connectivity index (χ0) is 33.1. The molecule has 0 aromatic carbocycles. The molecule has 5 fully saturated rings. The molecule has 4 bridgehead atoms. The summed E-state index contributed by atoms with van der Waals surface area (Å²) in [7, 11) is -3.44. The number of rotatable bonds is 12. The van der Waals surface area contributed by atoms with E-state index < -0.39 is 44.1 Å². The second-order valence-electron chi connectivity index (χ2n) is 14.4. The van der Waals surface area contributed by atoms with Crippen molar-refractivity contribution in [2.24, 2.45) is 16.7 Å². The third-order valence-electron chi connectivity index (χ3n) is 9.91. The number of halogens is 1. The number of carbonyl (C=O) groups excluding carboxylic acids is 2. The summed E-state index contributed by atoms with van der Waals surface area (Å²) in [6, 6.07) is 0. The van der Waals surface area contributed by atoms with Crippen LogP contribution in [0.15, 0.2) is 6.33 Å². The average molecular weight is 682 g/mol. The Balaban J connectivity index is 1.34. The molecule has 1 N–H and O–H groups in total. The van der Waals surface area contributed by atoms with Gasteiger partial charge in [-0.1, -0.05) is 13.8 Å². The molecule has 2 aromatic heterocycles. The highest BCUT2D eigenvalue weighted by Gasteiger charge is 2.60. The first-order valence-electron chi connectivity index (χ1n) is 16.2. The summed E-state index contributed by atoms with van der Waals surface area (Å²) in [5, 5.41) is 3.84. The standard InChI is InChI=1S/C31H45ClN5O8P/c1-7-41-46(40,42-8-2)10-9-21-23(43-18(3)38)24(44-19(4)39)27(45-21)37-17-33-22-25(34-28(32)35-26(22)37)36-31-13-20-11-29(5,15-31)14-30(6,12-20)16-31/h17,20-21,23-24,27H,7-16H2,1-6H3,(H,34,35,36)/t20?,21-,23?,24?,27-,29-,30+,31?/m1/s1. The number of esters is 2. The fourth-order valence-corrected chi connectivity index (χ4v) is 11.5. The van der Waals surface area contributed by atoms with E-state index in [1.807, 2.05) is 0 Å². The van der Waals surface area contributed by atoms with E-state index in [2.05, 4.69) is 29.1 Å². The van der Waals surface area contributed by atoms with Gasteiger partial charge in [0.25, 0.3) is 0 Å². The van der Waals surface area contributed by atoms with Crippen molar-refractivity contribution in [3.05, 3.63) is 11.6 Å². The summed E-state index contributed by atoms with van der Waals surface area (Å²) in [4.78, 5) is 38.4. The van der Waals surface area contributed by atoms with Crippen molar-refractivity contribution in [1.29, 1.82) is 0 Å². The second kappa shape index (κ2) is 12.3. The number of ether oxygens (including phenoxy) is 3. The predicted octanol–water partition coefficient (Wildman–Crippen LogP) is 6.06. The number of nitrogens with zero attached hydrogens (tertiary/aromatic N) is 4. The maximum absolute atomic E-state index is 13.3. The Kier molecular flexibility index (Phi) is 8.98. The summed E-state index contributed by atoms with van der Waals surface area (Å²) < 4.78 is 43.7. The number of hydrogen-bond donors (Lipinski definition) is 1. The number of fused-ring (bicyclic) bond motifs is 1. The van der Waals surface area contributed by atoms with Crippen LogP contribution in [-0.4, -0.2) is 74.7 Å². The number of aromatic nitrogens is 4. The zero-order valence-corrected chi connectivity index (χ0v) is 29.1. The molecule has 0 radical (unpaired) electrons. The molecule has 46 heavy (non-hydrogen) atoms. The van der Waals surface area contributed by atoms with E-state index in [-0.39, 0.29) is 47.4 Å². The lowest BCUT2D eigenvalue weighted by Crippen LogP contribution is -2.61. The van der Waals surface area contributed by atoms with Gasteiger partial charge < -0.3 is 28.6 Å². The van der Waals surface area contributed by atoms with Crippen molar-refractivity contribution in [2.75, 3.05) is 24.7 Å². The molecule has 5 aliphatic rings. The summed E-state index contributed by atoms with van der Waals surface area (Å²) >= 11 is 6.55. The summed E-state index contributed by atoms with van der Waals surface area (Å²) in [5.74, 6) is 0.0391. The van der Waals surface area contributed by atoms with Crippen LogP contribution in [0, 0.1) is 16.7 Å². The quantitative estimate of drug-likeness (QED) is 0.157. The Bertz CT molecular complexity index is 1530. The van der Waals surface area contributed by atoms with Crippen LogP contribution in [0.4, 0.5) is 5.82 Å². The highest BCUT2D eigenvalue weighted by molar-refractivity contribution is 7.53. The number of anilines is 1. The summed E-state index contributed by atoms with van der Waals surface area (Å²) in [6.07, 6.45) is 4.74. The molecule has 0 spiro atoms. The smallest absolute Gasteiger partial charge is 0.330 e. The van der Waals surface area contributed by atoms with E-state index in [0.29, 0.717) is 22.9 Å². The second-order valence-corrected chi connectivity index (χ2v) is 16.9. The number of nitrogens with one attached hydrogen (secondary N) is 1. The van der Waals surface area contributed by atoms with Crippen molar-refractivity contribution < 1.29 is 37.4 Å². The van der Waals surface area contributed by atoms with Gasteiger partial charge in [0, 0.05) is 19.4 Å². The molecule has 13 nitrogen and oxygen atoms in total. The van der Waals surface area contributed by atoms with Crippen LogP contribution in [0.2, 0.25) is 5.28 Å². The van der Waals surface area contributed by atoms with Gasteiger partial charge in [-0.2, -0.15) is 9.97 Å². The molecule has 7 rings (SSSR count). The van der Waals surface area contributed by atoms with Gasteiger partial charge in [0.2, 0.25) is 5.28 Å². The van der Waals surface area contributed by atoms with E-state index in [1.165, 1.54) is 33.1 Å². The molecule has 4 unspecified atom stereocenters. The number of carbonyl (C=O) groups is 2. The van der Waals surface area contributed by atoms with Gasteiger partial charge in [0.1, 0.15) is 6.10 Å². The van der Waals surface area contributed by atoms with Crippen molar-refractivity contribution >= 4 is 48.1 Å². The Morgan fingerprint density at radius 2 is 1.65 bits per heavy atom. The van der Waals surface area contributed by atoms with Crippen LogP contribution in [0.25, 0.3) is 11.2 Å². The van der Waals surface area contributed by atoms with Crippen LogP contribution < -0.4 is 5.32 Å². The number of imidazole rings is 1. The summed E-state index contributed by atoms with van der Waals surface area (Å²) in [5.41, 5.74) is 1.32. The van der Waals surface area contributed by atoms with Crippen molar-refractivity contribution in [3.8, 4) is 0 Å². The third kappa shape index (κ3) is 6.55.